The highest BCUT2D eigenvalue weighted by Gasteiger charge is 2.19. The van der Waals surface area contributed by atoms with Gasteiger partial charge in [0.15, 0.2) is 4.88 Å². The Bertz CT molecular complexity index is 1150. The van der Waals surface area contributed by atoms with Crippen molar-refractivity contribution in [1.29, 1.82) is 0 Å². The maximum Gasteiger partial charge on any atom is 0.349 e. The van der Waals surface area contributed by atoms with E-state index in [9.17, 15) is 9.90 Å². The summed E-state index contributed by atoms with van der Waals surface area (Å²) in [6.07, 6.45) is 1.69. The fourth-order valence-corrected chi connectivity index (χ4v) is 4.09. The summed E-state index contributed by atoms with van der Waals surface area (Å²) < 4.78 is 8.67. The predicted octanol–water partition coefficient (Wildman–Crippen LogP) is 5.44. The Morgan fingerprint density at radius 2 is 2.07 bits per heavy atom. The Kier molecular flexibility index (Phi) is 4.72. The Hall–Kier alpha value is -2.64. The monoisotopic (exact) mass is 442 g/mol. The molecular weight excluding hydrogens is 428 g/mol. The number of hydrogen-bond donors (Lipinski definition) is 1. The van der Waals surface area contributed by atoms with Crippen molar-refractivity contribution in [3.8, 4) is 10.8 Å². The zero-order chi connectivity index (χ0) is 19.0. The van der Waals surface area contributed by atoms with Crippen LogP contribution in [0.5, 0.6) is 5.75 Å². The van der Waals surface area contributed by atoms with Crippen molar-refractivity contribution in [3.05, 3.63) is 75.3 Å². The Balaban J connectivity index is 1.71. The summed E-state index contributed by atoms with van der Waals surface area (Å²) >= 11 is 4.64. The molecule has 2 aromatic heterocycles. The molecule has 136 valence electrons. The number of halogens is 1. The minimum Gasteiger partial charge on any atom is -0.487 e. The van der Waals surface area contributed by atoms with E-state index in [-0.39, 0.29) is 4.88 Å². The molecule has 4 aromatic rings. The minimum absolute atomic E-state index is 0.176. The molecule has 0 fully saturated rings. The van der Waals surface area contributed by atoms with Gasteiger partial charge in [0.1, 0.15) is 23.7 Å². The highest BCUT2D eigenvalue weighted by molar-refractivity contribution is 9.10. The van der Waals surface area contributed by atoms with E-state index >= 15 is 0 Å². The van der Waals surface area contributed by atoms with E-state index in [1.54, 1.807) is 12.4 Å². The first-order chi connectivity index (χ1) is 13.0. The summed E-state index contributed by atoms with van der Waals surface area (Å²) in [5.41, 5.74) is 3.87. The SMILES string of the molecule is Cc1ccccc1COc1cc(-n2cnc3ccc(Br)cc32)sc1C(=O)O. The van der Waals surface area contributed by atoms with Crippen molar-refractivity contribution >= 4 is 44.3 Å². The molecule has 0 radical (unpaired) electrons. The number of fused-ring (bicyclic) bond motifs is 1. The van der Waals surface area contributed by atoms with Crippen LogP contribution in [0, 0.1) is 6.92 Å². The second-order valence-corrected chi connectivity index (χ2v) is 7.99. The number of aromatic carboxylic acids is 1. The van der Waals surface area contributed by atoms with Gasteiger partial charge in [0.25, 0.3) is 0 Å². The molecule has 0 saturated carbocycles. The van der Waals surface area contributed by atoms with Crippen LogP contribution in [0.1, 0.15) is 20.8 Å². The van der Waals surface area contributed by atoms with Gasteiger partial charge in [-0.2, -0.15) is 0 Å². The number of carboxylic acid groups (broad SMARTS) is 1. The Morgan fingerprint density at radius 3 is 2.85 bits per heavy atom. The first-order valence-electron chi connectivity index (χ1n) is 8.20. The van der Waals surface area contributed by atoms with Gasteiger partial charge in [-0.15, -0.1) is 11.3 Å². The second-order valence-electron chi connectivity index (χ2n) is 6.05. The predicted molar refractivity (Wildman–Crippen MR) is 109 cm³/mol. The lowest BCUT2D eigenvalue weighted by Crippen LogP contribution is -2.01. The number of ether oxygens (including phenoxy) is 1. The van der Waals surface area contributed by atoms with Gasteiger partial charge in [-0.1, -0.05) is 40.2 Å². The van der Waals surface area contributed by atoms with E-state index in [1.165, 1.54) is 11.3 Å². The summed E-state index contributed by atoms with van der Waals surface area (Å²) in [6, 6.07) is 15.4. The van der Waals surface area contributed by atoms with Crippen LogP contribution >= 0.6 is 27.3 Å². The molecule has 27 heavy (non-hydrogen) atoms. The number of carbonyl (C=O) groups is 1. The van der Waals surface area contributed by atoms with E-state index in [0.29, 0.717) is 12.4 Å². The van der Waals surface area contributed by atoms with E-state index < -0.39 is 5.97 Å². The van der Waals surface area contributed by atoms with Gasteiger partial charge in [0.05, 0.1) is 11.0 Å². The molecule has 0 aliphatic heterocycles. The number of nitrogens with zero attached hydrogens (tertiary/aromatic N) is 2. The quantitative estimate of drug-likeness (QED) is 0.447. The van der Waals surface area contributed by atoms with E-state index in [0.717, 1.165) is 31.6 Å². The van der Waals surface area contributed by atoms with E-state index in [4.69, 9.17) is 4.74 Å². The number of thiophene rings is 1. The lowest BCUT2D eigenvalue weighted by Gasteiger charge is -2.07. The molecule has 0 spiro atoms. The van der Waals surface area contributed by atoms with E-state index in [2.05, 4.69) is 20.9 Å². The van der Waals surface area contributed by atoms with Gasteiger partial charge in [0.2, 0.25) is 0 Å². The molecule has 7 heteroatoms. The number of aryl methyl sites for hydroxylation is 1. The van der Waals surface area contributed by atoms with Gasteiger partial charge in [-0.25, -0.2) is 9.78 Å². The third kappa shape index (κ3) is 3.48. The third-order valence-electron chi connectivity index (χ3n) is 4.27. The topological polar surface area (TPSA) is 64.4 Å². The first-order valence-corrected chi connectivity index (χ1v) is 9.81. The van der Waals surface area contributed by atoms with Crippen molar-refractivity contribution in [2.24, 2.45) is 0 Å². The smallest absolute Gasteiger partial charge is 0.349 e. The molecule has 0 aliphatic carbocycles. The summed E-state index contributed by atoms with van der Waals surface area (Å²) in [7, 11) is 0. The number of rotatable bonds is 5. The molecule has 2 aromatic carbocycles. The lowest BCUT2D eigenvalue weighted by molar-refractivity contribution is 0.0697. The average molecular weight is 443 g/mol. The van der Waals surface area contributed by atoms with Crippen LogP contribution in [0.15, 0.2) is 59.3 Å². The highest BCUT2D eigenvalue weighted by atomic mass is 79.9. The molecule has 4 rings (SSSR count). The highest BCUT2D eigenvalue weighted by Crippen LogP contribution is 2.34. The van der Waals surface area contributed by atoms with Crippen molar-refractivity contribution in [1.82, 2.24) is 9.55 Å². The second kappa shape index (κ2) is 7.17. The summed E-state index contributed by atoms with van der Waals surface area (Å²) in [5.74, 6) is -0.640. The van der Waals surface area contributed by atoms with Gasteiger partial charge in [0, 0.05) is 10.5 Å². The van der Waals surface area contributed by atoms with Crippen LogP contribution in [0.25, 0.3) is 16.0 Å². The molecule has 2 heterocycles. The minimum atomic E-state index is -1.00. The van der Waals surface area contributed by atoms with Gasteiger partial charge >= 0.3 is 5.97 Å². The van der Waals surface area contributed by atoms with Crippen molar-refractivity contribution in [2.45, 2.75) is 13.5 Å². The van der Waals surface area contributed by atoms with E-state index in [1.807, 2.05) is 54.0 Å². The molecule has 0 unspecified atom stereocenters. The van der Waals surface area contributed by atoms with Crippen LogP contribution in [0.2, 0.25) is 0 Å². The first kappa shape index (κ1) is 17.8. The fourth-order valence-electron chi connectivity index (χ4n) is 2.82. The number of hydrogen-bond acceptors (Lipinski definition) is 4. The van der Waals surface area contributed by atoms with Crippen LogP contribution < -0.4 is 4.74 Å². The maximum absolute atomic E-state index is 11.7. The normalized spacial score (nSPS) is 11.0. The number of aromatic nitrogens is 2. The largest absolute Gasteiger partial charge is 0.487 e. The summed E-state index contributed by atoms with van der Waals surface area (Å²) in [5, 5.41) is 10.3. The zero-order valence-electron chi connectivity index (χ0n) is 14.3. The van der Waals surface area contributed by atoms with Crippen molar-refractivity contribution < 1.29 is 14.6 Å². The van der Waals surface area contributed by atoms with Crippen molar-refractivity contribution in [2.75, 3.05) is 0 Å². The van der Waals surface area contributed by atoms with Gasteiger partial charge in [-0.3, -0.25) is 4.57 Å². The lowest BCUT2D eigenvalue weighted by atomic mass is 10.1. The average Bonchev–Trinajstić information content (AvgIpc) is 3.24. The zero-order valence-corrected chi connectivity index (χ0v) is 16.8. The van der Waals surface area contributed by atoms with Crippen LogP contribution in [-0.2, 0) is 6.61 Å². The van der Waals surface area contributed by atoms with Gasteiger partial charge in [-0.05, 0) is 36.2 Å². The van der Waals surface area contributed by atoms with Gasteiger partial charge < -0.3 is 9.84 Å². The molecule has 0 aliphatic rings. The molecule has 0 bridgehead atoms. The summed E-state index contributed by atoms with van der Waals surface area (Å²) in [6.45, 7) is 2.32. The van der Waals surface area contributed by atoms with Crippen LogP contribution in [0.4, 0.5) is 0 Å². The van der Waals surface area contributed by atoms with Crippen LogP contribution in [-0.4, -0.2) is 20.6 Å². The number of benzene rings is 2. The Labute approximate surface area is 168 Å². The maximum atomic E-state index is 11.7. The third-order valence-corrected chi connectivity index (χ3v) is 5.87. The molecular formula is C20H15BrN2O3S. The molecule has 5 nitrogen and oxygen atoms in total. The number of imidazole rings is 1. The molecule has 1 N–H and O–H groups in total. The molecule has 0 saturated heterocycles. The molecule has 0 amide bonds. The van der Waals surface area contributed by atoms with Crippen molar-refractivity contribution in [3.63, 3.8) is 0 Å². The standard InChI is InChI=1S/C20H15BrN2O3S/c1-12-4-2-3-5-13(12)10-26-17-9-18(27-19(17)20(24)25)23-11-22-15-7-6-14(21)8-16(15)23/h2-9,11H,10H2,1H3,(H,24,25). The number of carboxylic acids is 1. The van der Waals surface area contributed by atoms with Crippen LogP contribution in [0.3, 0.4) is 0 Å². The fraction of sp³-hybridized carbons (Fsp3) is 0.100. The Morgan fingerprint density at radius 1 is 1.26 bits per heavy atom. The molecule has 0 atom stereocenters. The summed E-state index contributed by atoms with van der Waals surface area (Å²) in [4.78, 5) is 16.3.